The Morgan fingerprint density at radius 3 is 3.00 bits per heavy atom. The minimum absolute atomic E-state index is 0.486. The fraction of sp³-hybridized carbons (Fsp3) is 0.250. The molecule has 2 rings (SSSR count). The van der Waals surface area contributed by atoms with E-state index in [-0.39, 0.29) is 0 Å². The Hall–Kier alpha value is -2.01. The van der Waals surface area contributed by atoms with Crippen molar-refractivity contribution in [1.82, 2.24) is 15.6 Å². The molecule has 5 heteroatoms. The van der Waals surface area contributed by atoms with Crippen molar-refractivity contribution in [1.29, 1.82) is 0 Å². The van der Waals surface area contributed by atoms with Crippen molar-refractivity contribution >= 4 is 16.9 Å². The lowest BCUT2D eigenvalue weighted by atomic mass is 10.1. The van der Waals surface area contributed by atoms with E-state index in [1.165, 1.54) is 10.9 Å². The molecule has 0 aliphatic carbocycles. The molecule has 0 spiro atoms. The number of amides is 2. The molecular formula is C12H16N4O. The molecule has 0 aliphatic rings. The lowest BCUT2D eigenvalue weighted by Gasteiger charge is -2.05. The Labute approximate surface area is 99.4 Å². The van der Waals surface area contributed by atoms with E-state index >= 15 is 0 Å². The topological polar surface area (TPSA) is 82.9 Å². The average Bonchev–Trinajstić information content (AvgIpc) is 2.75. The van der Waals surface area contributed by atoms with E-state index < -0.39 is 6.03 Å². The number of nitrogens with two attached hydrogens (primary N) is 1. The SMILES string of the molecule is NC(=O)NCCNCc1ccc2cc[nH]c2c1. The summed E-state index contributed by atoms with van der Waals surface area (Å²) in [5, 5.41) is 6.97. The van der Waals surface area contributed by atoms with Gasteiger partial charge in [-0.3, -0.25) is 0 Å². The fourth-order valence-corrected chi connectivity index (χ4v) is 1.71. The molecule has 5 N–H and O–H groups in total. The third-order valence-corrected chi connectivity index (χ3v) is 2.55. The minimum Gasteiger partial charge on any atom is -0.361 e. The van der Waals surface area contributed by atoms with Gasteiger partial charge in [0.1, 0.15) is 0 Å². The summed E-state index contributed by atoms with van der Waals surface area (Å²) in [4.78, 5) is 13.6. The third-order valence-electron chi connectivity index (χ3n) is 2.55. The zero-order valence-corrected chi connectivity index (χ0v) is 9.49. The lowest BCUT2D eigenvalue weighted by molar-refractivity contribution is 0.249. The molecule has 0 unspecified atom stereocenters. The molecule has 1 heterocycles. The first-order valence-corrected chi connectivity index (χ1v) is 5.56. The molecule has 0 atom stereocenters. The highest BCUT2D eigenvalue weighted by Gasteiger charge is 1.97. The molecule has 1 aromatic heterocycles. The maximum Gasteiger partial charge on any atom is 0.312 e. The van der Waals surface area contributed by atoms with Gasteiger partial charge in [-0.2, -0.15) is 0 Å². The molecule has 2 aromatic rings. The van der Waals surface area contributed by atoms with E-state index in [1.807, 2.05) is 12.3 Å². The molecule has 0 saturated carbocycles. The first-order valence-electron chi connectivity index (χ1n) is 5.56. The number of aromatic nitrogens is 1. The van der Waals surface area contributed by atoms with Crippen LogP contribution in [0.2, 0.25) is 0 Å². The summed E-state index contributed by atoms with van der Waals surface area (Å²) in [7, 11) is 0. The largest absolute Gasteiger partial charge is 0.361 e. The predicted octanol–water partition coefficient (Wildman–Crippen LogP) is 0.926. The molecule has 0 bridgehead atoms. The van der Waals surface area contributed by atoms with Gasteiger partial charge in [0.2, 0.25) is 0 Å². The number of carbonyl (C=O) groups is 1. The van der Waals surface area contributed by atoms with Crippen LogP contribution in [0.3, 0.4) is 0 Å². The molecule has 90 valence electrons. The van der Waals surface area contributed by atoms with E-state index in [9.17, 15) is 4.79 Å². The van der Waals surface area contributed by atoms with Gasteiger partial charge in [-0.05, 0) is 23.1 Å². The van der Waals surface area contributed by atoms with Crippen molar-refractivity contribution in [3.05, 3.63) is 36.0 Å². The summed E-state index contributed by atoms with van der Waals surface area (Å²) in [5.74, 6) is 0. The summed E-state index contributed by atoms with van der Waals surface area (Å²) in [5.41, 5.74) is 7.30. The Bertz CT molecular complexity index is 506. The molecule has 17 heavy (non-hydrogen) atoms. The van der Waals surface area contributed by atoms with Crippen LogP contribution in [0.5, 0.6) is 0 Å². The molecule has 1 aromatic carbocycles. The van der Waals surface area contributed by atoms with Crippen LogP contribution < -0.4 is 16.4 Å². The van der Waals surface area contributed by atoms with E-state index in [0.717, 1.165) is 12.1 Å². The summed E-state index contributed by atoms with van der Waals surface area (Å²) in [6, 6.07) is 7.85. The summed E-state index contributed by atoms with van der Waals surface area (Å²) in [6.07, 6.45) is 1.93. The Morgan fingerprint density at radius 2 is 2.18 bits per heavy atom. The van der Waals surface area contributed by atoms with Gasteiger partial charge in [-0.1, -0.05) is 12.1 Å². The molecule has 0 aliphatic heterocycles. The monoisotopic (exact) mass is 232 g/mol. The van der Waals surface area contributed by atoms with Crippen LogP contribution in [0.15, 0.2) is 30.5 Å². The van der Waals surface area contributed by atoms with Crippen molar-refractivity contribution in [3.8, 4) is 0 Å². The van der Waals surface area contributed by atoms with Crippen LogP contribution in [0.25, 0.3) is 10.9 Å². The Morgan fingerprint density at radius 1 is 1.29 bits per heavy atom. The van der Waals surface area contributed by atoms with Gasteiger partial charge >= 0.3 is 6.03 Å². The van der Waals surface area contributed by atoms with Gasteiger partial charge in [-0.15, -0.1) is 0 Å². The van der Waals surface area contributed by atoms with Crippen LogP contribution in [0.1, 0.15) is 5.56 Å². The van der Waals surface area contributed by atoms with E-state index in [0.29, 0.717) is 13.1 Å². The summed E-state index contributed by atoms with van der Waals surface area (Å²) >= 11 is 0. The second kappa shape index (κ2) is 5.36. The quantitative estimate of drug-likeness (QED) is 0.578. The number of hydrogen-bond donors (Lipinski definition) is 4. The van der Waals surface area contributed by atoms with Crippen molar-refractivity contribution in [2.45, 2.75) is 6.54 Å². The number of H-pyrrole nitrogens is 1. The van der Waals surface area contributed by atoms with Gasteiger partial charge < -0.3 is 21.4 Å². The molecule has 0 radical (unpaired) electrons. The number of rotatable bonds is 5. The van der Waals surface area contributed by atoms with Crippen LogP contribution in [-0.2, 0) is 6.54 Å². The van der Waals surface area contributed by atoms with E-state index in [4.69, 9.17) is 5.73 Å². The predicted molar refractivity (Wildman–Crippen MR) is 67.6 cm³/mol. The molecular weight excluding hydrogens is 216 g/mol. The van der Waals surface area contributed by atoms with Gasteiger partial charge in [0.15, 0.2) is 0 Å². The highest BCUT2D eigenvalue weighted by molar-refractivity contribution is 5.79. The average molecular weight is 232 g/mol. The standard InChI is InChI=1S/C12H16N4O/c13-12(17)16-6-5-14-8-9-1-2-10-3-4-15-11(10)7-9/h1-4,7,14-15H,5-6,8H2,(H3,13,16,17). The van der Waals surface area contributed by atoms with Crippen LogP contribution in [0.4, 0.5) is 4.79 Å². The molecule has 0 fully saturated rings. The van der Waals surface area contributed by atoms with Crippen LogP contribution in [0, 0.1) is 0 Å². The van der Waals surface area contributed by atoms with E-state index in [1.54, 1.807) is 0 Å². The number of primary amides is 1. The Kier molecular flexibility index (Phi) is 3.62. The van der Waals surface area contributed by atoms with Gasteiger partial charge in [0.05, 0.1) is 0 Å². The second-order valence-corrected chi connectivity index (χ2v) is 3.87. The third kappa shape index (κ3) is 3.22. The second-order valence-electron chi connectivity index (χ2n) is 3.87. The number of hydrogen-bond acceptors (Lipinski definition) is 2. The van der Waals surface area contributed by atoms with Crippen molar-refractivity contribution in [2.75, 3.05) is 13.1 Å². The summed E-state index contributed by atoms with van der Waals surface area (Å²) < 4.78 is 0. The molecule has 0 saturated heterocycles. The normalized spacial score (nSPS) is 10.6. The van der Waals surface area contributed by atoms with Crippen molar-refractivity contribution in [3.63, 3.8) is 0 Å². The van der Waals surface area contributed by atoms with Gasteiger partial charge in [-0.25, -0.2) is 4.79 Å². The zero-order valence-electron chi connectivity index (χ0n) is 9.49. The van der Waals surface area contributed by atoms with E-state index in [2.05, 4.69) is 33.8 Å². The highest BCUT2D eigenvalue weighted by Crippen LogP contribution is 2.13. The number of benzene rings is 1. The fourth-order valence-electron chi connectivity index (χ4n) is 1.71. The van der Waals surface area contributed by atoms with Crippen molar-refractivity contribution < 1.29 is 4.79 Å². The first-order chi connectivity index (χ1) is 8.25. The smallest absolute Gasteiger partial charge is 0.312 e. The van der Waals surface area contributed by atoms with Gasteiger partial charge in [0.25, 0.3) is 0 Å². The van der Waals surface area contributed by atoms with Crippen LogP contribution >= 0.6 is 0 Å². The molecule has 2 amide bonds. The number of aromatic amines is 1. The zero-order chi connectivity index (χ0) is 12.1. The minimum atomic E-state index is -0.486. The van der Waals surface area contributed by atoms with Crippen molar-refractivity contribution in [2.24, 2.45) is 5.73 Å². The highest BCUT2D eigenvalue weighted by atomic mass is 16.2. The summed E-state index contributed by atoms with van der Waals surface area (Å²) in [6.45, 7) is 2.02. The maximum atomic E-state index is 10.4. The van der Waals surface area contributed by atoms with Gasteiger partial charge in [0, 0.05) is 31.3 Å². The number of carbonyl (C=O) groups excluding carboxylic acids is 1. The number of nitrogens with one attached hydrogen (secondary N) is 3. The molecule has 5 nitrogen and oxygen atoms in total. The lowest BCUT2D eigenvalue weighted by Crippen LogP contribution is -2.35. The maximum absolute atomic E-state index is 10.4. The Balaban J connectivity index is 1.80. The number of urea groups is 1. The van der Waals surface area contributed by atoms with Crippen LogP contribution in [-0.4, -0.2) is 24.1 Å². The first kappa shape index (κ1) is 11.5. The number of fused-ring (bicyclic) bond motifs is 1.